The number of nitrogens with zero attached hydrogens (tertiary/aromatic N) is 1. The normalized spacial score (nSPS) is 10.7. The fourth-order valence-electron chi connectivity index (χ4n) is 1.86. The number of rotatable bonds is 0. The number of hydrogen-bond acceptors (Lipinski definition) is 3. The van der Waals surface area contributed by atoms with Gasteiger partial charge in [0.1, 0.15) is 16.7 Å². The predicted octanol–water partition coefficient (Wildman–Crippen LogP) is -0.252. The number of aromatic nitrogens is 2. The van der Waals surface area contributed by atoms with Crippen LogP contribution in [0.1, 0.15) is 7.19 Å². The van der Waals surface area contributed by atoms with Gasteiger partial charge in [0.25, 0.3) is 5.56 Å². The van der Waals surface area contributed by atoms with Crippen LogP contribution >= 0.6 is 11.6 Å². The molecule has 0 saturated heterocycles. The molecule has 0 amide bonds. The summed E-state index contributed by atoms with van der Waals surface area (Å²) in [5.41, 5.74) is 0.976. The monoisotopic (exact) mass is 274 g/mol. The Kier molecular flexibility index (Phi) is 3.77. The number of aryl methyl sites for hydroxylation is 1. The quantitative estimate of drug-likeness (QED) is 0.575. The summed E-state index contributed by atoms with van der Waals surface area (Å²) in [6, 6.07) is 5.32. The van der Waals surface area contributed by atoms with E-state index >= 15 is 0 Å². The standard InChI is InChI=1S/C11H7ClN2O2.K.H/c1-5-8-10(14-16-5)9-6(12)3-2-4-7(9)13-11(8)15;;/h2-4H,1H3,(H,13,15);;/q;+1;-1. The minimum atomic E-state index is -0.205. The van der Waals surface area contributed by atoms with Crippen molar-refractivity contribution in [2.45, 2.75) is 6.92 Å². The average Bonchev–Trinajstić information content (AvgIpc) is 2.61. The van der Waals surface area contributed by atoms with Gasteiger partial charge in [-0.15, -0.1) is 0 Å². The van der Waals surface area contributed by atoms with Crippen LogP contribution in [0.25, 0.3) is 21.8 Å². The Labute approximate surface area is 145 Å². The van der Waals surface area contributed by atoms with Crippen molar-refractivity contribution in [2.24, 2.45) is 0 Å². The fraction of sp³-hybridized carbons (Fsp3) is 0.0909. The van der Waals surface area contributed by atoms with Crippen molar-refractivity contribution < 1.29 is 57.3 Å². The Morgan fingerprint density at radius 2 is 2.18 bits per heavy atom. The number of nitrogens with one attached hydrogen (secondary N) is 1. The predicted molar refractivity (Wildman–Crippen MR) is 63.0 cm³/mol. The molecule has 0 spiro atoms. The van der Waals surface area contributed by atoms with Crippen molar-refractivity contribution in [3.05, 3.63) is 39.3 Å². The van der Waals surface area contributed by atoms with E-state index in [0.29, 0.717) is 27.2 Å². The average molecular weight is 275 g/mol. The molecule has 2 heterocycles. The van der Waals surface area contributed by atoms with Gasteiger partial charge in [-0.05, 0) is 19.1 Å². The van der Waals surface area contributed by atoms with Crippen LogP contribution in [0, 0.1) is 6.92 Å². The maximum absolute atomic E-state index is 11.8. The third-order valence-corrected chi connectivity index (χ3v) is 2.90. The molecule has 1 aromatic carbocycles. The molecule has 0 aliphatic heterocycles. The Hall–Kier alpha value is -0.174. The minimum absolute atomic E-state index is 0. The van der Waals surface area contributed by atoms with Gasteiger partial charge in [0.15, 0.2) is 0 Å². The number of halogens is 1. The molecule has 0 aliphatic rings. The van der Waals surface area contributed by atoms with Gasteiger partial charge in [0.2, 0.25) is 0 Å². The molecule has 0 aliphatic carbocycles. The van der Waals surface area contributed by atoms with Crippen LogP contribution in [-0.2, 0) is 0 Å². The molecule has 82 valence electrons. The fourth-order valence-corrected chi connectivity index (χ4v) is 2.13. The summed E-state index contributed by atoms with van der Waals surface area (Å²) in [4.78, 5) is 14.5. The van der Waals surface area contributed by atoms with Crippen molar-refractivity contribution in [1.82, 2.24) is 10.1 Å². The number of hydrogen-bond donors (Lipinski definition) is 1. The van der Waals surface area contributed by atoms with Crippen molar-refractivity contribution in [3.8, 4) is 0 Å². The maximum Gasteiger partial charge on any atom is 1.00 e. The van der Waals surface area contributed by atoms with Crippen LogP contribution < -0.4 is 56.9 Å². The zero-order chi connectivity index (χ0) is 11.3. The summed E-state index contributed by atoms with van der Waals surface area (Å²) in [5.74, 6) is 0.498. The molecule has 1 N–H and O–H groups in total. The van der Waals surface area contributed by atoms with Crippen LogP contribution in [-0.4, -0.2) is 10.1 Å². The Balaban J connectivity index is 0.000000810. The third-order valence-electron chi connectivity index (χ3n) is 2.59. The summed E-state index contributed by atoms with van der Waals surface area (Å²) in [6.45, 7) is 1.70. The second-order valence-electron chi connectivity index (χ2n) is 3.58. The zero-order valence-corrected chi connectivity index (χ0v) is 13.3. The molecule has 0 radical (unpaired) electrons. The van der Waals surface area contributed by atoms with Gasteiger partial charge in [-0.2, -0.15) is 0 Å². The molecule has 0 saturated carbocycles. The molecule has 17 heavy (non-hydrogen) atoms. The smallest absolute Gasteiger partial charge is 1.00 e. The SMILES string of the molecule is Cc1onc2c1c(=O)[nH]c1cccc(Cl)c12.[H-].[K+]. The van der Waals surface area contributed by atoms with E-state index in [1.165, 1.54) is 0 Å². The van der Waals surface area contributed by atoms with E-state index in [2.05, 4.69) is 10.1 Å². The molecule has 0 unspecified atom stereocenters. The molecule has 4 nitrogen and oxygen atoms in total. The Bertz CT molecular complexity index is 769. The first-order valence-electron chi connectivity index (χ1n) is 4.75. The van der Waals surface area contributed by atoms with Crippen LogP contribution in [0.15, 0.2) is 27.5 Å². The zero-order valence-electron chi connectivity index (χ0n) is 10.4. The van der Waals surface area contributed by atoms with E-state index in [-0.39, 0.29) is 58.4 Å². The molecule has 3 aromatic rings. The molecule has 0 fully saturated rings. The number of benzene rings is 1. The molecule has 2 aromatic heterocycles. The number of H-pyrrole nitrogens is 1. The number of aromatic amines is 1. The largest absolute Gasteiger partial charge is 1.00 e. The van der Waals surface area contributed by atoms with E-state index < -0.39 is 0 Å². The first-order valence-corrected chi connectivity index (χ1v) is 5.13. The summed E-state index contributed by atoms with van der Waals surface area (Å²) < 4.78 is 5.03. The minimum Gasteiger partial charge on any atom is -1.00 e. The molecular formula is C11H8ClKN2O2. The van der Waals surface area contributed by atoms with Crippen LogP contribution in [0.4, 0.5) is 0 Å². The Morgan fingerprint density at radius 3 is 2.94 bits per heavy atom. The summed E-state index contributed by atoms with van der Waals surface area (Å²) in [7, 11) is 0. The van der Waals surface area contributed by atoms with E-state index in [1.807, 2.05) is 0 Å². The molecule has 0 atom stereocenters. The van der Waals surface area contributed by atoms with Gasteiger partial charge in [-0.1, -0.05) is 22.8 Å². The van der Waals surface area contributed by atoms with Crippen molar-refractivity contribution in [2.75, 3.05) is 0 Å². The Morgan fingerprint density at radius 1 is 1.41 bits per heavy atom. The summed E-state index contributed by atoms with van der Waals surface area (Å²) >= 11 is 6.09. The third kappa shape index (κ3) is 2.01. The van der Waals surface area contributed by atoms with E-state index in [9.17, 15) is 4.79 Å². The second kappa shape index (κ2) is 4.83. The van der Waals surface area contributed by atoms with Crippen LogP contribution in [0.5, 0.6) is 0 Å². The van der Waals surface area contributed by atoms with E-state index in [1.54, 1.807) is 25.1 Å². The van der Waals surface area contributed by atoms with Crippen LogP contribution in [0.3, 0.4) is 0 Å². The topological polar surface area (TPSA) is 58.9 Å². The maximum atomic E-state index is 11.8. The molecular weight excluding hydrogens is 267 g/mol. The van der Waals surface area contributed by atoms with Crippen molar-refractivity contribution in [3.63, 3.8) is 0 Å². The van der Waals surface area contributed by atoms with Gasteiger partial charge < -0.3 is 10.9 Å². The van der Waals surface area contributed by atoms with E-state index in [4.69, 9.17) is 16.1 Å². The molecule has 6 heteroatoms. The second-order valence-corrected chi connectivity index (χ2v) is 3.99. The van der Waals surface area contributed by atoms with Gasteiger partial charge in [-0.25, -0.2) is 0 Å². The number of pyridine rings is 1. The van der Waals surface area contributed by atoms with Gasteiger partial charge >= 0.3 is 51.4 Å². The molecule has 0 bridgehead atoms. The van der Waals surface area contributed by atoms with Gasteiger partial charge in [-0.3, -0.25) is 4.79 Å². The van der Waals surface area contributed by atoms with E-state index in [0.717, 1.165) is 5.39 Å². The number of fused-ring (bicyclic) bond motifs is 3. The summed E-state index contributed by atoms with van der Waals surface area (Å²) in [5, 5.41) is 5.61. The van der Waals surface area contributed by atoms with Crippen molar-refractivity contribution >= 4 is 33.4 Å². The summed E-state index contributed by atoms with van der Waals surface area (Å²) in [6.07, 6.45) is 0. The van der Waals surface area contributed by atoms with Gasteiger partial charge in [0, 0.05) is 5.39 Å². The first kappa shape index (κ1) is 13.3. The van der Waals surface area contributed by atoms with Gasteiger partial charge in [0.05, 0.1) is 10.5 Å². The first-order chi connectivity index (χ1) is 7.68. The molecule has 3 rings (SSSR count). The van der Waals surface area contributed by atoms with Crippen LogP contribution in [0.2, 0.25) is 5.02 Å². The van der Waals surface area contributed by atoms with Crippen molar-refractivity contribution in [1.29, 1.82) is 0 Å².